The quantitative estimate of drug-likeness (QED) is 0.0281. The number of nitrogens with zero attached hydrogens (tertiary/aromatic N) is 1. The van der Waals surface area contributed by atoms with Gasteiger partial charge in [-0.1, -0.05) is 212 Å². The predicted molar refractivity (Wildman–Crippen MR) is 257 cm³/mol. The van der Waals surface area contributed by atoms with Crippen LogP contribution in [-0.2, 0) is 28.6 Å². The highest BCUT2D eigenvalue weighted by molar-refractivity contribution is 5.72. The fourth-order valence-corrected chi connectivity index (χ4v) is 8.09. The first-order valence-corrected chi connectivity index (χ1v) is 26.2. The summed E-state index contributed by atoms with van der Waals surface area (Å²) in [5.74, 6) is -1.45. The van der Waals surface area contributed by atoms with Crippen LogP contribution in [0.15, 0.2) is 12.2 Å². The maximum atomic E-state index is 12.8. The molecule has 360 valence electrons. The van der Waals surface area contributed by atoms with Gasteiger partial charge in [0.05, 0.1) is 34.4 Å². The standard InChI is InChI=1S/C53H101NO7/c1-6-8-10-12-14-16-18-20-22-23-24-25-26-27-28-30-31-33-35-37-39-41-43-51(55)60-48-49(47-59-46-45-50(53(57)58)54(3,4)5)61-52(56)44-42-40-38-36-34-32-29-21-19-17-15-13-11-9-7-2/h26-27,49-50H,6-25,28-48H2,1-5H3/p+1/b27-26+. The fraction of sp³-hybridized carbons (Fsp3) is 0.906. The van der Waals surface area contributed by atoms with E-state index in [0.29, 0.717) is 19.3 Å². The number of unbranched alkanes of at least 4 members (excludes halogenated alkanes) is 32. The Balaban J connectivity index is 4.17. The summed E-state index contributed by atoms with van der Waals surface area (Å²) in [6.45, 7) is 4.78. The molecular formula is C53H102NO7+. The van der Waals surface area contributed by atoms with Crippen molar-refractivity contribution in [3.63, 3.8) is 0 Å². The average Bonchev–Trinajstić information content (AvgIpc) is 3.22. The van der Waals surface area contributed by atoms with Crippen LogP contribution < -0.4 is 0 Å². The molecule has 0 fully saturated rings. The Labute approximate surface area is 378 Å². The number of allylic oxidation sites excluding steroid dienone is 2. The third-order valence-corrected chi connectivity index (χ3v) is 12.2. The molecule has 0 aliphatic heterocycles. The van der Waals surface area contributed by atoms with E-state index in [1.807, 2.05) is 21.1 Å². The van der Waals surface area contributed by atoms with Crippen molar-refractivity contribution in [2.45, 2.75) is 270 Å². The van der Waals surface area contributed by atoms with E-state index in [0.717, 1.165) is 38.5 Å². The van der Waals surface area contributed by atoms with E-state index in [2.05, 4.69) is 26.0 Å². The lowest BCUT2D eigenvalue weighted by atomic mass is 10.0. The number of carbonyl (C=O) groups is 3. The predicted octanol–water partition coefficient (Wildman–Crippen LogP) is 15.0. The van der Waals surface area contributed by atoms with Gasteiger partial charge in [-0.15, -0.1) is 0 Å². The molecule has 0 radical (unpaired) electrons. The van der Waals surface area contributed by atoms with Gasteiger partial charge in [0.2, 0.25) is 0 Å². The lowest BCUT2D eigenvalue weighted by Crippen LogP contribution is -2.50. The van der Waals surface area contributed by atoms with Gasteiger partial charge in [0.15, 0.2) is 12.1 Å². The highest BCUT2D eigenvalue weighted by atomic mass is 16.6. The molecule has 0 bridgehead atoms. The van der Waals surface area contributed by atoms with Crippen LogP contribution in [0.1, 0.15) is 258 Å². The van der Waals surface area contributed by atoms with Gasteiger partial charge < -0.3 is 23.8 Å². The summed E-state index contributed by atoms with van der Waals surface area (Å²) >= 11 is 0. The Morgan fingerprint density at radius 3 is 1.18 bits per heavy atom. The van der Waals surface area contributed by atoms with Crippen LogP contribution in [0.3, 0.4) is 0 Å². The van der Waals surface area contributed by atoms with Crippen molar-refractivity contribution >= 4 is 17.9 Å². The zero-order valence-corrected chi connectivity index (χ0v) is 41.1. The zero-order chi connectivity index (χ0) is 44.9. The number of hydrogen-bond donors (Lipinski definition) is 1. The first-order chi connectivity index (χ1) is 29.6. The maximum Gasteiger partial charge on any atom is 0.362 e. The maximum absolute atomic E-state index is 12.8. The van der Waals surface area contributed by atoms with Gasteiger partial charge in [0.25, 0.3) is 0 Å². The number of esters is 2. The number of ether oxygens (including phenoxy) is 3. The second-order valence-corrected chi connectivity index (χ2v) is 19.1. The summed E-state index contributed by atoms with van der Waals surface area (Å²) in [5.41, 5.74) is 0. The molecule has 2 atom stereocenters. The highest BCUT2D eigenvalue weighted by Crippen LogP contribution is 2.16. The van der Waals surface area contributed by atoms with Gasteiger partial charge in [-0.3, -0.25) is 9.59 Å². The third-order valence-electron chi connectivity index (χ3n) is 12.2. The van der Waals surface area contributed by atoms with Gasteiger partial charge in [0, 0.05) is 19.3 Å². The zero-order valence-electron chi connectivity index (χ0n) is 41.1. The summed E-state index contributed by atoms with van der Waals surface area (Å²) in [7, 11) is 5.54. The summed E-state index contributed by atoms with van der Waals surface area (Å²) in [4.78, 5) is 37.1. The molecule has 8 nitrogen and oxygen atoms in total. The number of carboxylic acids is 1. The minimum atomic E-state index is -0.871. The molecule has 0 saturated heterocycles. The van der Waals surface area contributed by atoms with E-state index in [9.17, 15) is 19.5 Å². The second kappa shape index (κ2) is 44.7. The minimum Gasteiger partial charge on any atom is -0.477 e. The van der Waals surface area contributed by atoms with E-state index in [-0.39, 0.29) is 36.2 Å². The molecule has 61 heavy (non-hydrogen) atoms. The monoisotopic (exact) mass is 865 g/mol. The molecule has 2 unspecified atom stereocenters. The number of carboxylic acid groups (broad SMARTS) is 1. The first-order valence-electron chi connectivity index (χ1n) is 26.2. The van der Waals surface area contributed by atoms with Crippen LogP contribution >= 0.6 is 0 Å². The normalized spacial score (nSPS) is 12.9. The molecule has 0 amide bonds. The van der Waals surface area contributed by atoms with Crippen molar-refractivity contribution in [1.82, 2.24) is 0 Å². The number of quaternary nitrogens is 1. The second-order valence-electron chi connectivity index (χ2n) is 19.1. The Morgan fingerprint density at radius 1 is 0.475 bits per heavy atom. The molecule has 1 N–H and O–H groups in total. The SMILES string of the molecule is CCCCCCCCCCCCC/C=C/CCCCCCCCCC(=O)OCC(COCCC(C(=O)O)[N+](C)(C)C)OC(=O)CCCCCCCCCCCCCCCCC. The molecule has 0 aromatic carbocycles. The summed E-state index contributed by atoms with van der Waals surface area (Å²) < 4.78 is 17.4. The van der Waals surface area contributed by atoms with Crippen LogP contribution in [0.2, 0.25) is 0 Å². The van der Waals surface area contributed by atoms with Crippen molar-refractivity contribution in [2.24, 2.45) is 0 Å². The van der Waals surface area contributed by atoms with Crippen molar-refractivity contribution in [3.05, 3.63) is 12.2 Å². The molecule has 0 spiro atoms. The van der Waals surface area contributed by atoms with E-state index in [4.69, 9.17) is 14.2 Å². The van der Waals surface area contributed by atoms with E-state index < -0.39 is 18.1 Å². The molecule has 0 aromatic heterocycles. The van der Waals surface area contributed by atoms with Crippen LogP contribution in [0, 0.1) is 0 Å². The number of carbonyl (C=O) groups excluding carboxylic acids is 2. The van der Waals surface area contributed by atoms with Gasteiger partial charge in [-0.05, 0) is 38.5 Å². The number of rotatable bonds is 48. The topological polar surface area (TPSA) is 99.1 Å². The van der Waals surface area contributed by atoms with Gasteiger partial charge in [-0.25, -0.2) is 4.79 Å². The number of aliphatic carboxylic acids is 1. The van der Waals surface area contributed by atoms with Crippen molar-refractivity contribution in [3.8, 4) is 0 Å². The van der Waals surface area contributed by atoms with Crippen LogP contribution in [0.5, 0.6) is 0 Å². The molecule has 0 saturated carbocycles. The molecular weight excluding hydrogens is 763 g/mol. The van der Waals surface area contributed by atoms with E-state index in [1.54, 1.807) is 0 Å². The minimum absolute atomic E-state index is 0.0467. The Kier molecular flexibility index (Phi) is 43.3. The van der Waals surface area contributed by atoms with Crippen LogP contribution in [0.25, 0.3) is 0 Å². The molecule has 8 heteroatoms. The van der Waals surface area contributed by atoms with Gasteiger partial charge >= 0.3 is 17.9 Å². The summed E-state index contributed by atoms with van der Waals surface area (Å²) in [6.07, 6.45) is 49.8. The summed E-state index contributed by atoms with van der Waals surface area (Å²) in [5, 5.41) is 9.65. The van der Waals surface area contributed by atoms with Crippen molar-refractivity contribution < 1.29 is 38.2 Å². The van der Waals surface area contributed by atoms with E-state index >= 15 is 0 Å². The molecule has 0 rings (SSSR count). The molecule has 0 heterocycles. The van der Waals surface area contributed by atoms with Gasteiger partial charge in [-0.2, -0.15) is 0 Å². The lowest BCUT2D eigenvalue weighted by Gasteiger charge is -2.31. The Morgan fingerprint density at radius 2 is 0.820 bits per heavy atom. The van der Waals surface area contributed by atoms with Crippen LogP contribution in [-0.4, -0.2) is 80.6 Å². The van der Waals surface area contributed by atoms with Gasteiger partial charge in [0.1, 0.15) is 6.61 Å². The fourth-order valence-electron chi connectivity index (χ4n) is 8.09. The van der Waals surface area contributed by atoms with Crippen molar-refractivity contribution in [1.29, 1.82) is 0 Å². The number of likely N-dealkylation sites (N-methyl/N-ethyl adjacent to an activating group) is 1. The molecule has 0 aliphatic rings. The van der Waals surface area contributed by atoms with E-state index in [1.165, 1.54) is 186 Å². The molecule has 0 aliphatic carbocycles. The number of hydrogen-bond acceptors (Lipinski definition) is 6. The van der Waals surface area contributed by atoms with Crippen LogP contribution in [0.4, 0.5) is 0 Å². The smallest absolute Gasteiger partial charge is 0.362 e. The largest absolute Gasteiger partial charge is 0.477 e. The third kappa shape index (κ3) is 43.1. The Bertz CT molecular complexity index is 1010. The Hall–Kier alpha value is -1.93. The average molecular weight is 865 g/mol. The summed E-state index contributed by atoms with van der Waals surface area (Å²) in [6, 6.07) is -0.611. The lowest BCUT2D eigenvalue weighted by molar-refractivity contribution is -0.887. The van der Waals surface area contributed by atoms with Crippen molar-refractivity contribution in [2.75, 3.05) is 41.0 Å². The first kappa shape index (κ1) is 59.1. The highest BCUT2D eigenvalue weighted by Gasteiger charge is 2.31. The molecule has 0 aromatic rings.